The molecule has 0 aromatic heterocycles. The van der Waals surface area contributed by atoms with Gasteiger partial charge in [0.2, 0.25) is 10.0 Å². The van der Waals surface area contributed by atoms with Crippen LogP contribution in [0.25, 0.3) is 0 Å². The molecule has 3 rings (SSSR count). The van der Waals surface area contributed by atoms with Crippen molar-refractivity contribution in [1.29, 1.82) is 0 Å². The van der Waals surface area contributed by atoms with Crippen LogP contribution in [-0.4, -0.2) is 43.0 Å². The molecule has 1 saturated heterocycles. The number of rotatable bonds is 4. The highest BCUT2D eigenvalue weighted by molar-refractivity contribution is 7.90. The molecule has 23 heavy (non-hydrogen) atoms. The Balaban J connectivity index is 1.71. The van der Waals surface area contributed by atoms with Gasteiger partial charge in [-0.1, -0.05) is 24.6 Å². The summed E-state index contributed by atoms with van der Waals surface area (Å²) in [4.78, 5) is 26.4. The maximum Gasteiger partial charge on any atom is 0.256 e. The minimum atomic E-state index is -3.61. The Hall–Kier alpha value is -1.89. The van der Waals surface area contributed by atoms with Crippen molar-refractivity contribution in [3.63, 3.8) is 0 Å². The molecule has 1 aliphatic carbocycles. The monoisotopic (exact) mass is 336 g/mol. The number of likely N-dealkylation sites (tertiary alicyclic amines) is 1. The van der Waals surface area contributed by atoms with E-state index < -0.39 is 27.2 Å². The van der Waals surface area contributed by atoms with Gasteiger partial charge in [-0.2, -0.15) is 0 Å². The summed E-state index contributed by atoms with van der Waals surface area (Å²) >= 11 is 0. The lowest BCUT2D eigenvalue weighted by atomic mass is 10.0. The molecule has 0 bridgehead atoms. The molecule has 1 aromatic carbocycles. The van der Waals surface area contributed by atoms with Gasteiger partial charge in [0.15, 0.2) is 0 Å². The van der Waals surface area contributed by atoms with Gasteiger partial charge in [-0.15, -0.1) is 0 Å². The first-order valence-corrected chi connectivity index (χ1v) is 9.45. The summed E-state index contributed by atoms with van der Waals surface area (Å²) in [6.07, 6.45) is 3.26. The second-order valence-corrected chi connectivity index (χ2v) is 8.05. The van der Waals surface area contributed by atoms with Crippen LogP contribution in [0.4, 0.5) is 0 Å². The summed E-state index contributed by atoms with van der Waals surface area (Å²) in [7, 11) is -3.61. The number of nitrogens with zero attached hydrogens (tertiary/aromatic N) is 1. The Morgan fingerprint density at radius 1 is 1.04 bits per heavy atom. The molecule has 2 amide bonds. The van der Waals surface area contributed by atoms with Crippen LogP contribution in [0.3, 0.4) is 0 Å². The Morgan fingerprint density at radius 2 is 1.74 bits per heavy atom. The lowest BCUT2D eigenvalue weighted by molar-refractivity contribution is -0.123. The zero-order chi connectivity index (χ0) is 16.4. The van der Waals surface area contributed by atoms with Crippen LogP contribution >= 0.6 is 0 Å². The molecule has 7 heteroatoms. The standard InChI is InChI=1S/C16H20N2O4S/c19-15(17-23(21,22)13-8-4-9-13)14-10-5-11-18(14)16(20)12-6-2-1-3-7-12/h1-3,6-7,13-14H,4-5,8-11H2,(H,17,19). The molecule has 1 aliphatic heterocycles. The average Bonchev–Trinajstić information content (AvgIpc) is 2.94. The van der Waals surface area contributed by atoms with Gasteiger partial charge in [0, 0.05) is 12.1 Å². The SMILES string of the molecule is O=C(NS(=O)(=O)C1CCC1)C1CCCN1C(=O)c1ccccc1. The predicted molar refractivity (Wildman–Crippen MR) is 85.2 cm³/mol. The fraction of sp³-hybridized carbons (Fsp3) is 0.500. The van der Waals surface area contributed by atoms with E-state index >= 15 is 0 Å². The van der Waals surface area contributed by atoms with Crippen molar-refractivity contribution in [3.8, 4) is 0 Å². The molecule has 1 N–H and O–H groups in total. The molecule has 1 unspecified atom stereocenters. The highest BCUT2D eigenvalue weighted by Crippen LogP contribution is 2.26. The van der Waals surface area contributed by atoms with Crippen LogP contribution in [0.5, 0.6) is 0 Å². The van der Waals surface area contributed by atoms with Crippen molar-refractivity contribution in [2.24, 2.45) is 0 Å². The summed E-state index contributed by atoms with van der Waals surface area (Å²) in [6.45, 7) is 0.468. The van der Waals surface area contributed by atoms with Gasteiger partial charge >= 0.3 is 0 Å². The minimum absolute atomic E-state index is 0.232. The molecule has 0 spiro atoms. The second-order valence-electron chi connectivity index (χ2n) is 6.09. The third-order valence-electron chi connectivity index (χ3n) is 4.57. The number of nitrogens with one attached hydrogen (secondary N) is 1. The molecule has 2 aliphatic rings. The topological polar surface area (TPSA) is 83.6 Å². The minimum Gasteiger partial charge on any atom is -0.327 e. The van der Waals surface area contributed by atoms with Crippen molar-refractivity contribution in [2.45, 2.75) is 43.4 Å². The molecule has 6 nitrogen and oxygen atoms in total. The molecule has 1 atom stereocenters. The van der Waals surface area contributed by atoms with Crippen LogP contribution in [0.15, 0.2) is 30.3 Å². The summed E-state index contributed by atoms with van der Waals surface area (Å²) < 4.78 is 26.4. The van der Waals surface area contributed by atoms with Crippen molar-refractivity contribution >= 4 is 21.8 Å². The molecule has 1 aromatic rings. The van der Waals surface area contributed by atoms with Gasteiger partial charge in [-0.05, 0) is 37.8 Å². The van der Waals surface area contributed by atoms with E-state index in [9.17, 15) is 18.0 Å². The highest BCUT2D eigenvalue weighted by atomic mass is 32.2. The third kappa shape index (κ3) is 3.24. The largest absolute Gasteiger partial charge is 0.327 e. The van der Waals surface area contributed by atoms with Gasteiger partial charge in [0.1, 0.15) is 6.04 Å². The van der Waals surface area contributed by atoms with Gasteiger partial charge in [-0.3, -0.25) is 14.3 Å². The van der Waals surface area contributed by atoms with Crippen LogP contribution < -0.4 is 4.72 Å². The first-order chi connectivity index (χ1) is 11.0. The van der Waals surface area contributed by atoms with E-state index in [1.165, 1.54) is 4.90 Å². The molecular weight excluding hydrogens is 316 g/mol. The van der Waals surface area contributed by atoms with E-state index in [0.717, 1.165) is 6.42 Å². The van der Waals surface area contributed by atoms with Crippen molar-refractivity contribution in [3.05, 3.63) is 35.9 Å². The van der Waals surface area contributed by atoms with Gasteiger partial charge in [0.25, 0.3) is 11.8 Å². The van der Waals surface area contributed by atoms with Crippen molar-refractivity contribution < 1.29 is 18.0 Å². The lowest BCUT2D eigenvalue weighted by Crippen LogP contribution is -2.50. The maximum atomic E-state index is 12.5. The van der Waals surface area contributed by atoms with E-state index in [1.54, 1.807) is 24.3 Å². The maximum absolute atomic E-state index is 12.5. The summed E-state index contributed by atoms with van der Waals surface area (Å²) in [5, 5.41) is -0.467. The fourth-order valence-electron chi connectivity index (χ4n) is 3.00. The molecule has 1 saturated carbocycles. The normalized spacial score (nSPS) is 21.7. The van der Waals surface area contributed by atoms with Crippen molar-refractivity contribution in [1.82, 2.24) is 9.62 Å². The zero-order valence-corrected chi connectivity index (χ0v) is 13.6. The van der Waals surface area contributed by atoms with Crippen LogP contribution in [0.1, 0.15) is 42.5 Å². The highest BCUT2D eigenvalue weighted by Gasteiger charge is 2.39. The smallest absolute Gasteiger partial charge is 0.256 e. The zero-order valence-electron chi connectivity index (χ0n) is 12.8. The first kappa shape index (κ1) is 16.0. The number of hydrogen-bond acceptors (Lipinski definition) is 4. The van der Waals surface area contributed by atoms with E-state index in [1.807, 2.05) is 6.07 Å². The van der Waals surface area contributed by atoms with E-state index in [4.69, 9.17) is 0 Å². The summed E-state index contributed by atoms with van der Waals surface area (Å²) in [6, 6.07) is 8.02. The molecule has 0 radical (unpaired) electrons. The molecule has 2 fully saturated rings. The Morgan fingerprint density at radius 3 is 2.35 bits per heavy atom. The van der Waals surface area contributed by atoms with Crippen LogP contribution in [0.2, 0.25) is 0 Å². The van der Waals surface area contributed by atoms with E-state index in [0.29, 0.717) is 37.8 Å². The van der Waals surface area contributed by atoms with E-state index in [2.05, 4.69) is 4.72 Å². The second kappa shape index (κ2) is 6.31. The van der Waals surface area contributed by atoms with Crippen LogP contribution in [0, 0.1) is 0 Å². The number of carbonyl (C=O) groups is 2. The van der Waals surface area contributed by atoms with Gasteiger partial charge in [0.05, 0.1) is 5.25 Å². The fourth-order valence-corrected chi connectivity index (χ4v) is 4.54. The first-order valence-electron chi connectivity index (χ1n) is 7.90. The summed E-state index contributed by atoms with van der Waals surface area (Å²) in [5.74, 6) is -0.817. The molecular formula is C16H20N2O4S. The Labute approximate surface area is 135 Å². The molecule has 124 valence electrons. The quantitative estimate of drug-likeness (QED) is 0.898. The predicted octanol–water partition coefficient (Wildman–Crippen LogP) is 1.29. The Kier molecular flexibility index (Phi) is 4.39. The third-order valence-corrected chi connectivity index (χ3v) is 6.41. The summed E-state index contributed by atoms with van der Waals surface area (Å²) in [5.41, 5.74) is 0.508. The van der Waals surface area contributed by atoms with Gasteiger partial charge < -0.3 is 4.90 Å². The number of amides is 2. The average molecular weight is 336 g/mol. The number of carbonyl (C=O) groups excluding carboxylic acids is 2. The van der Waals surface area contributed by atoms with E-state index in [-0.39, 0.29) is 5.91 Å². The molecule has 1 heterocycles. The number of benzene rings is 1. The Bertz CT molecular complexity index is 698. The van der Waals surface area contributed by atoms with Crippen LogP contribution in [-0.2, 0) is 14.8 Å². The number of hydrogen-bond donors (Lipinski definition) is 1. The lowest BCUT2D eigenvalue weighted by Gasteiger charge is -2.28. The van der Waals surface area contributed by atoms with Crippen molar-refractivity contribution in [2.75, 3.05) is 6.54 Å². The van der Waals surface area contributed by atoms with Gasteiger partial charge in [-0.25, -0.2) is 8.42 Å². The number of sulfonamides is 1.